The lowest BCUT2D eigenvalue weighted by Crippen LogP contribution is -2.37. The van der Waals surface area contributed by atoms with Crippen molar-refractivity contribution < 1.29 is 9.59 Å². The topological polar surface area (TPSA) is 55.2 Å². The quantitative estimate of drug-likeness (QED) is 0.560. The molecule has 0 atom stereocenters. The molecule has 1 aromatic heterocycles. The van der Waals surface area contributed by atoms with Gasteiger partial charge in [-0.15, -0.1) is 0 Å². The Hall–Kier alpha value is -1.65. The molecule has 68 valence electrons. The molecule has 1 aromatic rings. The van der Waals surface area contributed by atoms with Crippen LogP contribution in [0.3, 0.4) is 0 Å². The highest BCUT2D eigenvalue weighted by molar-refractivity contribution is 6.00. The molecular formula is C8H9N3O2. The van der Waals surface area contributed by atoms with Crippen molar-refractivity contribution in [3.05, 3.63) is 17.5 Å². The van der Waals surface area contributed by atoms with Crippen molar-refractivity contribution in [2.24, 2.45) is 0 Å². The fraction of sp³-hybridized carbons (Fsp3) is 0.375. The Bertz CT molecular complexity index is 369. The van der Waals surface area contributed by atoms with Crippen molar-refractivity contribution in [3.8, 4) is 0 Å². The number of aldehydes is 1. The Kier molecular flexibility index (Phi) is 1.65. The highest BCUT2D eigenvalue weighted by atomic mass is 16.2. The Morgan fingerprint density at radius 2 is 2.31 bits per heavy atom. The van der Waals surface area contributed by atoms with Gasteiger partial charge in [-0.2, -0.15) is 5.10 Å². The first-order valence-electron chi connectivity index (χ1n) is 4.00. The van der Waals surface area contributed by atoms with Crippen LogP contribution in [0.25, 0.3) is 0 Å². The molecule has 0 bridgehead atoms. The lowest BCUT2D eigenvalue weighted by molar-refractivity contribution is 0.0739. The van der Waals surface area contributed by atoms with Crippen LogP contribution < -0.4 is 0 Å². The minimum atomic E-state index is -0.133. The van der Waals surface area contributed by atoms with Gasteiger partial charge in [-0.1, -0.05) is 0 Å². The molecule has 0 aliphatic carbocycles. The van der Waals surface area contributed by atoms with Crippen LogP contribution in [0.4, 0.5) is 0 Å². The third-order valence-electron chi connectivity index (χ3n) is 2.19. The first-order chi connectivity index (χ1) is 6.24. The number of carbonyl (C=O) groups is 2. The zero-order valence-electron chi connectivity index (χ0n) is 7.23. The second-order valence-electron chi connectivity index (χ2n) is 3.02. The normalized spacial score (nSPS) is 15.8. The lowest BCUT2D eigenvalue weighted by Gasteiger charge is -2.23. The van der Waals surface area contributed by atoms with E-state index in [2.05, 4.69) is 5.10 Å². The average molecular weight is 179 g/mol. The number of aromatic nitrogens is 2. The Morgan fingerprint density at radius 3 is 3.00 bits per heavy atom. The van der Waals surface area contributed by atoms with Gasteiger partial charge in [-0.05, 0) is 0 Å². The Morgan fingerprint density at radius 1 is 1.54 bits per heavy atom. The second kappa shape index (κ2) is 2.69. The van der Waals surface area contributed by atoms with Gasteiger partial charge in [0.25, 0.3) is 5.91 Å². The van der Waals surface area contributed by atoms with E-state index in [1.54, 1.807) is 16.6 Å². The van der Waals surface area contributed by atoms with Gasteiger partial charge in [0.1, 0.15) is 5.69 Å². The van der Waals surface area contributed by atoms with Gasteiger partial charge in [-0.3, -0.25) is 14.3 Å². The van der Waals surface area contributed by atoms with Gasteiger partial charge >= 0.3 is 0 Å². The van der Waals surface area contributed by atoms with Gasteiger partial charge in [0.15, 0.2) is 6.29 Å². The molecule has 0 unspecified atom stereocenters. The number of hydrogen-bond acceptors (Lipinski definition) is 3. The molecule has 5 heteroatoms. The summed E-state index contributed by atoms with van der Waals surface area (Å²) in [6.07, 6.45) is 2.09. The van der Waals surface area contributed by atoms with E-state index in [0.717, 1.165) is 0 Å². The molecule has 0 saturated heterocycles. The van der Waals surface area contributed by atoms with E-state index >= 15 is 0 Å². The zero-order valence-corrected chi connectivity index (χ0v) is 7.23. The number of hydrogen-bond donors (Lipinski definition) is 0. The van der Waals surface area contributed by atoms with E-state index in [-0.39, 0.29) is 5.91 Å². The minimum Gasteiger partial charge on any atom is -0.339 e. The molecule has 0 saturated carbocycles. The maximum Gasteiger partial charge on any atom is 0.272 e. The van der Waals surface area contributed by atoms with Crippen molar-refractivity contribution in [3.63, 3.8) is 0 Å². The van der Waals surface area contributed by atoms with E-state index in [1.807, 2.05) is 0 Å². The van der Waals surface area contributed by atoms with Crippen molar-refractivity contribution in [2.75, 3.05) is 13.6 Å². The van der Waals surface area contributed by atoms with Gasteiger partial charge in [0, 0.05) is 13.6 Å². The van der Waals surface area contributed by atoms with E-state index < -0.39 is 0 Å². The van der Waals surface area contributed by atoms with Crippen LogP contribution in [0.5, 0.6) is 0 Å². The second-order valence-corrected chi connectivity index (χ2v) is 3.02. The summed E-state index contributed by atoms with van der Waals surface area (Å²) in [5.74, 6) is -0.133. The first kappa shape index (κ1) is 7.97. The number of amides is 1. The number of likely N-dealkylation sites (N-methyl/N-ethyl adjacent to an activating group) is 1. The summed E-state index contributed by atoms with van der Waals surface area (Å²) < 4.78 is 1.58. The van der Waals surface area contributed by atoms with E-state index in [0.29, 0.717) is 30.6 Å². The summed E-state index contributed by atoms with van der Waals surface area (Å²) >= 11 is 0. The molecule has 0 spiro atoms. The molecule has 0 aromatic carbocycles. The van der Waals surface area contributed by atoms with Gasteiger partial charge in [0.2, 0.25) is 0 Å². The number of nitrogens with zero attached hydrogens (tertiary/aromatic N) is 3. The summed E-state index contributed by atoms with van der Waals surface area (Å²) in [5.41, 5.74) is 0.778. The fourth-order valence-electron chi connectivity index (χ4n) is 1.42. The summed E-state index contributed by atoms with van der Waals surface area (Å²) in [6, 6.07) is 0. The third-order valence-corrected chi connectivity index (χ3v) is 2.19. The molecule has 1 amide bonds. The van der Waals surface area contributed by atoms with Crippen LogP contribution in [-0.4, -0.2) is 40.5 Å². The standard InChI is InChI=1S/C8H9N3O2/c1-10-2-3-11-7(8(10)13)6(5-12)4-9-11/h4-5H,2-3H2,1H3. The van der Waals surface area contributed by atoms with Crippen LogP contribution in [-0.2, 0) is 6.54 Å². The molecule has 2 rings (SSSR count). The molecule has 0 radical (unpaired) electrons. The molecule has 0 N–H and O–H groups in total. The minimum absolute atomic E-state index is 0.133. The van der Waals surface area contributed by atoms with Crippen LogP contribution >= 0.6 is 0 Å². The van der Waals surface area contributed by atoms with Crippen LogP contribution in [0.1, 0.15) is 20.8 Å². The maximum atomic E-state index is 11.6. The van der Waals surface area contributed by atoms with Gasteiger partial charge in [0.05, 0.1) is 18.3 Å². The van der Waals surface area contributed by atoms with Crippen molar-refractivity contribution in [2.45, 2.75) is 6.54 Å². The molecule has 1 aliphatic heterocycles. The fourth-order valence-corrected chi connectivity index (χ4v) is 1.42. The highest BCUT2D eigenvalue weighted by Gasteiger charge is 2.25. The molecule has 2 heterocycles. The Labute approximate surface area is 74.9 Å². The predicted octanol–water partition coefficient (Wildman–Crippen LogP) is -0.219. The molecule has 1 aliphatic rings. The summed E-state index contributed by atoms with van der Waals surface area (Å²) in [5, 5.41) is 3.95. The first-order valence-corrected chi connectivity index (χ1v) is 4.00. The molecular weight excluding hydrogens is 170 g/mol. The lowest BCUT2D eigenvalue weighted by atomic mass is 10.2. The van der Waals surface area contributed by atoms with Crippen molar-refractivity contribution in [1.82, 2.24) is 14.7 Å². The smallest absolute Gasteiger partial charge is 0.272 e. The molecule has 13 heavy (non-hydrogen) atoms. The van der Waals surface area contributed by atoms with Crippen molar-refractivity contribution in [1.29, 1.82) is 0 Å². The number of carbonyl (C=O) groups excluding carboxylic acids is 2. The Balaban J connectivity index is 2.54. The average Bonchev–Trinajstić information content (AvgIpc) is 2.55. The summed E-state index contributed by atoms with van der Waals surface area (Å²) in [4.78, 5) is 23.7. The van der Waals surface area contributed by atoms with E-state index in [1.165, 1.54) is 6.20 Å². The van der Waals surface area contributed by atoms with Gasteiger partial charge in [-0.25, -0.2) is 0 Å². The number of fused-ring (bicyclic) bond motifs is 1. The highest BCUT2D eigenvalue weighted by Crippen LogP contribution is 2.13. The van der Waals surface area contributed by atoms with Crippen LogP contribution in [0.2, 0.25) is 0 Å². The molecule has 5 nitrogen and oxygen atoms in total. The van der Waals surface area contributed by atoms with Gasteiger partial charge < -0.3 is 4.90 Å². The SMILES string of the molecule is CN1CCn2ncc(C=O)c2C1=O. The number of rotatable bonds is 1. The maximum absolute atomic E-state index is 11.6. The van der Waals surface area contributed by atoms with Crippen molar-refractivity contribution >= 4 is 12.2 Å². The summed E-state index contributed by atoms with van der Waals surface area (Å²) in [6.45, 7) is 1.30. The predicted molar refractivity (Wildman–Crippen MR) is 44.6 cm³/mol. The largest absolute Gasteiger partial charge is 0.339 e. The zero-order chi connectivity index (χ0) is 9.42. The molecule has 0 fully saturated rings. The monoisotopic (exact) mass is 179 g/mol. The van der Waals surface area contributed by atoms with Crippen LogP contribution in [0, 0.1) is 0 Å². The van der Waals surface area contributed by atoms with Crippen LogP contribution in [0.15, 0.2) is 6.20 Å². The van der Waals surface area contributed by atoms with E-state index in [4.69, 9.17) is 0 Å². The van der Waals surface area contributed by atoms with E-state index in [9.17, 15) is 9.59 Å². The third kappa shape index (κ3) is 1.04. The summed E-state index contributed by atoms with van der Waals surface area (Å²) in [7, 11) is 1.72.